The first-order valence-corrected chi connectivity index (χ1v) is 6.06. The first kappa shape index (κ1) is 10.9. The zero-order valence-electron chi connectivity index (χ0n) is 9.90. The van der Waals surface area contributed by atoms with Crippen molar-refractivity contribution in [2.75, 3.05) is 25.2 Å². The molecule has 1 fully saturated rings. The molecule has 1 saturated heterocycles. The summed E-state index contributed by atoms with van der Waals surface area (Å²) in [6, 6.07) is 1.81. The fourth-order valence-electron chi connectivity index (χ4n) is 2.53. The lowest BCUT2D eigenvalue weighted by Gasteiger charge is -2.25. The molecule has 0 N–H and O–H groups in total. The van der Waals surface area contributed by atoms with Gasteiger partial charge in [-0.25, -0.2) is 4.39 Å². The molecule has 1 aliphatic heterocycles. The minimum atomic E-state index is -0.935. The highest BCUT2D eigenvalue weighted by Crippen LogP contribution is 2.25. The lowest BCUT2D eigenvalue weighted by Crippen LogP contribution is -2.39. The summed E-state index contributed by atoms with van der Waals surface area (Å²) in [5, 5.41) is 8.40. The van der Waals surface area contributed by atoms with Crippen LogP contribution in [0.2, 0.25) is 0 Å². The molecule has 92 valence electrons. The van der Waals surface area contributed by atoms with E-state index in [9.17, 15) is 4.39 Å². The van der Waals surface area contributed by atoms with Gasteiger partial charge in [0.05, 0.1) is 24.9 Å². The fraction of sp³-hybridized carbons (Fsp3) is 0.667. The van der Waals surface area contributed by atoms with Gasteiger partial charge in [-0.1, -0.05) is 0 Å². The molecule has 2 heterocycles. The summed E-state index contributed by atoms with van der Waals surface area (Å²) in [6.45, 7) is 0.615. The van der Waals surface area contributed by atoms with E-state index in [4.69, 9.17) is 4.74 Å². The van der Waals surface area contributed by atoms with Gasteiger partial charge in [0, 0.05) is 7.05 Å². The first-order valence-electron chi connectivity index (χ1n) is 6.06. The largest absolute Gasteiger partial charge is 0.376 e. The van der Waals surface area contributed by atoms with Crippen LogP contribution in [0.25, 0.3) is 0 Å². The summed E-state index contributed by atoms with van der Waals surface area (Å²) < 4.78 is 18.7. The van der Waals surface area contributed by atoms with Gasteiger partial charge in [0.15, 0.2) is 5.82 Å². The highest BCUT2D eigenvalue weighted by molar-refractivity contribution is 5.43. The molecule has 1 aromatic heterocycles. The Bertz CT molecular complexity index is 426. The summed E-state index contributed by atoms with van der Waals surface area (Å²) in [7, 11) is 1.86. The van der Waals surface area contributed by atoms with Crippen LogP contribution in [-0.2, 0) is 17.6 Å². The summed E-state index contributed by atoms with van der Waals surface area (Å²) in [5.41, 5.74) is 2.36. The molecule has 0 bridgehead atoms. The Morgan fingerprint density at radius 1 is 1.35 bits per heavy atom. The van der Waals surface area contributed by atoms with Gasteiger partial charge in [-0.2, -0.15) is 5.10 Å². The monoisotopic (exact) mass is 237 g/mol. The third-order valence-corrected chi connectivity index (χ3v) is 3.65. The minimum Gasteiger partial charge on any atom is -0.376 e. The Labute approximate surface area is 99.8 Å². The fourth-order valence-corrected chi connectivity index (χ4v) is 2.53. The van der Waals surface area contributed by atoms with Crippen molar-refractivity contribution in [3.8, 4) is 0 Å². The van der Waals surface area contributed by atoms with E-state index in [1.165, 1.54) is 5.56 Å². The number of ether oxygens (including phenoxy) is 1. The van der Waals surface area contributed by atoms with Gasteiger partial charge >= 0.3 is 0 Å². The van der Waals surface area contributed by atoms with Crippen molar-refractivity contribution in [3.63, 3.8) is 0 Å². The summed E-state index contributed by atoms with van der Waals surface area (Å²) in [6.07, 6.45) is 2.29. The Hall–Kier alpha value is -1.23. The smallest absolute Gasteiger partial charge is 0.151 e. The van der Waals surface area contributed by atoms with Crippen LogP contribution < -0.4 is 4.90 Å². The van der Waals surface area contributed by atoms with Gasteiger partial charge in [-0.15, -0.1) is 5.10 Å². The van der Waals surface area contributed by atoms with Crippen molar-refractivity contribution in [2.45, 2.75) is 31.5 Å². The zero-order valence-corrected chi connectivity index (χ0v) is 9.90. The Morgan fingerprint density at radius 2 is 2.24 bits per heavy atom. The van der Waals surface area contributed by atoms with Gasteiger partial charge in [0.1, 0.15) is 6.17 Å². The second kappa shape index (κ2) is 4.22. The molecule has 0 aromatic carbocycles. The van der Waals surface area contributed by atoms with Gasteiger partial charge < -0.3 is 9.64 Å². The van der Waals surface area contributed by atoms with E-state index in [1.54, 1.807) is 0 Å². The van der Waals surface area contributed by atoms with Crippen molar-refractivity contribution in [3.05, 3.63) is 17.3 Å². The molecule has 0 saturated carbocycles. The van der Waals surface area contributed by atoms with Crippen molar-refractivity contribution in [2.24, 2.45) is 0 Å². The van der Waals surface area contributed by atoms with E-state index in [0.29, 0.717) is 6.61 Å². The summed E-state index contributed by atoms with van der Waals surface area (Å²) >= 11 is 0. The van der Waals surface area contributed by atoms with Crippen LogP contribution >= 0.6 is 0 Å². The van der Waals surface area contributed by atoms with Crippen molar-refractivity contribution < 1.29 is 9.13 Å². The Balaban J connectivity index is 1.83. The van der Waals surface area contributed by atoms with E-state index in [2.05, 4.69) is 10.2 Å². The average molecular weight is 237 g/mol. The van der Waals surface area contributed by atoms with Gasteiger partial charge in [0.2, 0.25) is 0 Å². The maximum Gasteiger partial charge on any atom is 0.151 e. The second-order valence-electron chi connectivity index (χ2n) is 4.76. The molecular formula is C12H16FN3O. The Morgan fingerprint density at radius 3 is 3.00 bits per heavy atom. The molecule has 17 heavy (non-hydrogen) atoms. The van der Waals surface area contributed by atoms with Crippen molar-refractivity contribution >= 4 is 5.82 Å². The maximum absolute atomic E-state index is 13.6. The quantitative estimate of drug-likeness (QED) is 0.773. The second-order valence-corrected chi connectivity index (χ2v) is 4.76. The molecule has 2 aliphatic rings. The third kappa shape index (κ3) is 1.88. The van der Waals surface area contributed by atoms with Crippen LogP contribution in [0.5, 0.6) is 0 Å². The molecule has 0 unspecified atom stereocenters. The number of hydrogen-bond donors (Lipinski definition) is 0. The van der Waals surface area contributed by atoms with Crippen LogP contribution in [0, 0.1) is 0 Å². The highest BCUT2D eigenvalue weighted by atomic mass is 19.1. The molecular weight excluding hydrogens is 221 g/mol. The van der Waals surface area contributed by atoms with Gasteiger partial charge in [-0.3, -0.25) is 0 Å². The molecule has 5 heteroatoms. The summed E-state index contributed by atoms with van der Waals surface area (Å²) in [5.74, 6) is 0.754. The van der Waals surface area contributed by atoms with E-state index < -0.39 is 6.17 Å². The molecule has 2 atom stereocenters. The van der Waals surface area contributed by atoms with Gasteiger partial charge in [0.25, 0.3) is 0 Å². The standard InChI is InChI=1S/C12H16FN3O/c1-16(11-7-17-6-9(11)13)12-5-8-3-2-4-10(8)14-15-12/h5,9,11H,2-4,6-7H2,1H3/t9-,11-/m1/s1. The molecule has 4 nitrogen and oxygen atoms in total. The van der Waals surface area contributed by atoms with Crippen LogP contribution in [0.3, 0.4) is 0 Å². The van der Waals surface area contributed by atoms with Crippen LogP contribution in [0.4, 0.5) is 10.2 Å². The molecule has 1 aliphatic carbocycles. The van der Waals surface area contributed by atoms with Crippen molar-refractivity contribution in [1.82, 2.24) is 10.2 Å². The lowest BCUT2D eigenvalue weighted by atomic mass is 10.2. The third-order valence-electron chi connectivity index (χ3n) is 3.65. The van der Waals surface area contributed by atoms with Crippen LogP contribution in [-0.4, -0.2) is 42.7 Å². The molecule has 0 spiro atoms. The van der Waals surface area contributed by atoms with E-state index in [-0.39, 0.29) is 12.6 Å². The van der Waals surface area contributed by atoms with Crippen molar-refractivity contribution in [1.29, 1.82) is 0 Å². The number of rotatable bonds is 2. The topological polar surface area (TPSA) is 38.2 Å². The SMILES string of the molecule is CN(c1cc2c(nn1)CCC2)[C@@H]1COC[C@H]1F. The molecule has 0 amide bonds. The predicted molar refractivity (Wildman–Crippen MR) is 62.0 cm³/mol. The number of aromatic nitrogens is 2. The molecule has 3 rings (SSSR count). The van der Waals surface area contributed by atoms with Gasteiger partial charge in [-0.05, 0) is 30.9 Å². The normalized spacial score (nSPS) is 27.2. The first-order chi connectivity index (χ1) is 8.25. The van der Waals surface area contributed by atoms with Crippen LogP contribution in [0.15, 0.2) is 6.07 Å². The number of likely N-dealkylation sites (N-methyl/N-ethyl adjacent to an activating group) is 1. The number of fused-ring (bicyclic) bond motifs is 1. The maximum atomic E-state index is 13.6. The molecule has 0 radical (unpaired) electrons. The number of alkyl halides is 1. The predicted octanol–water partition coefficient (Wildman–Crippen LogP) is 1.14. The number of hydrogen-bond acceptors (Lipinski definition) is 4. The summed E-state index contributed by atoms with van der Waals surface area (Å²) in [4.78, 5) is 1.85. The minimum absolute atomic E-state index is 0.188. The van der Waals surface area contributed by atoms with Crippen LogP contribution in [0.1, 0.15) is 17.7 Å². The average Bonchev–Trinajstić information content (AvgIpc) is 2.95. The zero-order chi connectivity index (χ0) is 11.8. The van der Waals surface area contributed by atoms with E-state index >= 15 is 0 Å². The lowest BCUT2D eigenvalue weighted by molar-refractivity contribution is 0.173. The highest BCUT2D eigenvalue weighted by Gasteiger charge is 2.32. The number of anilines is 1. The number of aryl methyl sites for hydroxylation is 2. The Kier molecular flexibility index (Phi) is 2.70. The van der Waals surface area contributed by atoms with E-state index in [0.717, 1.165) is 30.8 Å². The number of nitrogens with zero attached hydrogens (tertiary/aromatic N) is 3. The molecule has 1 aromatic rings. The van der Waals surface area contributed by atoms with E-state index in [1.807, 2.05) is 18.0 Å². The number of halogens is 1.